The number of hydrogen-bond acceptors (Lipinski definition) is 4. The summed E-state index contributed by atoms with van der Waals surface area (Å²) in [5, 5.41) is 3.49. The molecule has 0 aromatic heterocycles. The van der Waals surface area contributed by atoms with Crippen LogP contribution in [0.15, 0.2) is 42.5 Å². The Kier molecular flexibility index (Phi) is 15.4. The van der Waals surface area contributed by atoms with Gasteiger partial charge in [-0.05, 0) is 51.7 Å². The van der Waals surface area contributed by atoms with Gasteiger partial charge in [0.2, 0.25) is 0 Å². The van der Waals surface area contributed by atoms with Gasteiger partial charge in [0.1, 0.15) is 12.4 Å². The average Bonchev–Trinajstić information content (AvgIpc) is 2.71. The summed E-state index contributed by atoms with van der Waals surface area (Å²) in [6.07, 6.45) is 1.10. The van der Waals surface area contributed by atoms with Crippen LogP contribution in [0.1, 0.15) is 38.3 Å². The van der Waals surface area contributed by atoms with E-state index < -0.39 is 0 Å². The molecule has 0 atom stereocenters. The molecule has 1 N–H and O–H groups in total. The monoisotopic (exact) mass is 460 g/mol. The summed E-state index contributed by atoms with van der Waals surface area (Å²) >= 11 is 0. The Morgan fingerprint density at radius 3 is 2.27 bits per heavy atom. The van der Waals surface area contributed by atoms with Gasteiger partial charge in [-0.25, -0.2) is 4.39 Å². The van der Waals surface area contributed by atoms with Crippen LogP contribution in [0.5, 0.6) is 11.5 Å². The molecular formula is C23H35Cl2FN2O2. The molecule has 0 spiro atoms. The normalized spacial score (nSPS) is 10.3. The van der Waals surface area contributed by atoms with Crippen molar-refractivity contribution in [1.82, 2.24) is 10.2 Å². The predicted octanol–water partition coefficient (Wildman–Crippen LogP) is 5.47. The summed E-state index contributed by atoms with van der Waals surface area (Å²) in [4.78, 5) is 2.42. The molecule has 0 saturated carbocycles. The SMILES string of the molecule is CCOc1cccc(CNCCCN(CC)CC)c1OCc1ccccc1F.Cl.Cl. The van der Waals surface area contributed by atoms with E-state index in [1.165, 1.54) is 6.07 Å². The van der Waals surface area contributed by atoms with E-state index in [2.05, 4.69) is 24.1 Å². The maximum absolute atomic E-state index is 13.9. The van der Waals surface area contributed by atoms with Crippen LogP contribution in [0.25, 0.3) is 0 Å². The van der Waals surface area contributed by atoms with Crippen molar-refractivity contribution in [3.8, 4) is 11.5 Å². The lowest BCUT2D eigenvalue weighted by molar-refractivity contribution is 0.262. The third-order valence-electron chi connectivity index (χ3n) is 4.73. The van der Waals surface area contributed by atoms with Crippen molar-refractivity contribution >= 4 is 24.8 Å². The molecule has 4 nitrogen and oxygen atoms in total. The molecule has 0 aliphatic heterocycles. The summed E-state index contributed by atoms with van der Waals surface area (Å²) in [6.45, 7) is 11.9. The Hall–Kier alpha value is -1.53. The highest BCUT2D eigenvalue weighted by Gasteiger charge is 2.12. The summed E-state index contributed by atoms with van der Waals surface area (Å²) < 4.78 is 25.7. The first kappa shape index (κ1) is 28.5. The van der Waals surface area contributed by atoms with Gasteiger partial charge in [-0.15, -0.1) is 24.8 Å². The van der Waals surface area contributed by atoms with Gasteiger partial charge in [0, 0.05) is 17.7 Å². The molecule has 170 valence electrons. The molecule has 7 heteroatoms. The molecule has 0 fully saturated rings. The van der Waals surface area contributed by atoms with Gasteiger partial charge in [0.25, 0.3) is 0 Å². The predicted molar refractivity (Wildman–Crippen MR) is 127 cm³/mol. The van der Waals surface area contributed by atoms with Crippen LogP contribution in [0, 0.1) is 5.82 Å². The Morgan fingerprint density at radius 2 is 1.60 bits per heavy atom. The van der Waals surface area contributed by atoms with Gasteiger partial charge >= 0.3 is 0 Å². The molecule has 0 unspecified atom stereocenters. The van der Waals surface area contributed by atoms with E-state index in [1.807, 2.05) is 31.2 Å². The van der Waals surface area contributed by atoms with Gasteiger partial charge in [-0.3, -0.25) is 0 Å². The minimum atomic E-state index is -0.257. The molecule has 0 aliphatic rings. The van der Waals surface area contributed by atoms with E-state index in [9.17, 15) is 4.39 Å². The third kappa shape index (κ3) is 9.09. The van der Waals surface area contributed by atoms with E-state index in [0.29, 0.717) is 30.2 Å². The fraction of sp³-hybridized carbons (Fsp3) is 0.478. The van der Waals surface area contributed by atoms with Crippen LogP contribution < -0.4 is 14.8 Å². The number of nitrogens with zero attached hydrogens (tertiary/aromatic N) is 1. The summed E-state index contributed by atoms with van der Waals surface area (Å²) in [5.41, 5.74) is 1.55. The van der Waals surface area contributed by atoms with Crippen LogP contribution in [-0.2, 0) is 13.2 Å². The lowest BCUT2D eigenvalue weighted by Crippen LogP contribution is -2.27. The largest absolute Gasteiger partial charge is 0.490 e. The molecule has 0 bridgehead atoms. The van der Waals surface area contributed by atoms with Gasteiger partial charge in [0.05, 0.1) is 6.61 Å². The van der Waals surface area contributed by atoms with Crippen LogP contribution >= 0.6 is 24.8 Å². The second-order valence-electron chi connectivity index (χ2n) is 6.61. The van der Waals surface area contributed by atoms with Crippen molar-refractivity contribution in [2.24, 2.45) is 0 Å². The first-order valence-electron chi connectivity index (χ1n) is 10.2. The molecule has 0 aliphatic carbocycles. The molecule has 30 heavy (non-hydrogen) atoms. The van der Waals surface area contributed by atoms with E-state index in [4.69, 9.17) is 9.47 Å². The highest BCUT2D eigenvalue weighted by atomic mass is 35.5. The number of hydrogen-bond donors (Lipinski definition) is 1. The molecule has 2 rings (SSSR count). The fourth-order valence-corrected chi connectivity index (χ4v) is 3.09. The van der Waals surface area contributed by atoms with Crippen molar-refractivity contribution in [2.75, 3.05) is 32.8 Å². The lowest BCUT2D eigenvalue weighted by atomic mass is 10.1. The molecule has 0 heterocycles. The summed E-state index contributed by atoms with van der Waals surface area (Å²) in [6, 6.07) is 12.6. The van der Waals surface area contributed by atoms with Gasteiger partial charge in [0.15, 0.2) is 11.5 Å². The zero-order valence-electron chi connectivity index (χ0n) is 18.2. The number of ether oxygens (including phenoxy) is 2. The molecule has 0 amide bonds. The molecular weight excluding hydrogens is 426 g/mol. The maximum atomic E-state index is 13.9. The van der Waals surface area contributed by atoms with Gasteiger partial charge in [-0.1, -0.05) is 44.2 Å². The Bertz CT molecular complexity index is 715. The van der Waals surface area contributed by atoms with Crippen LogP contribution in [0.4, 0.5) is 4.39 Å². The number of rotatable bonds is 13. The zero-order chi connectivity index (χ0) is 20.2. The van der Waals surface area contributed by atoms with Crippen LogP contribution in [0.3, 0.4) is 0 Å². The average molecular weight is 461 g/mol. The van der Waals surface area contributed by atoms with E-state index in [0.717, 1.165) is 38.2 Å². The summed E-state index contributed by atoms with van der Waals surface area (Å²) in [5.74, 6) is 1.12. The second kappa shape index (κ2) is 16.2. The Morgan fingerprint density at radius 1 is 0.900 bits per heavy atom. The van der Waals surface area contributed by atoms with E-state index in [-0.39, 0.29) is 37.2 Å². The van der Waals surface area contributed by atoms with E-state index >= 15 is 0 Å². The number of benzene rings is 2. The maximum Gasteiger partial charge on any atom is 0.166 e. The van der Waals surface area contributed by atoms with Crippen molar-refractivity contribution in [3.05, 3.63) is 59.4 Å². The number of para-hydroxylation sites is 1. The fourth-order valence-electron chi connectivity index (χ4n) is 3.09. The molecule has 2 aromatic rings. The number of halogens is 3. The summed E-state index contributed by atoms with van der Waals surface area (Å²) in [7, 11) is 0. The van der Waals surface area contributed by atoms with Gasteiger partial charge in [-0.2, -0.15) is 0 Å². The van der Waals surface area contributed by atoms with E-state index in [1.54, 1.807) is 12.1 Å². The first-order valence-corrected chi connectivity index (χ1v) is 10.2. The minimum Gasteiger partial charge on any atom is -0.490 e. The molecule has 0 saturated heterocycles. The number of nitrogens with one attached hydrogen (secondary N) is 1. The highest BCUT2D eigenvalue weighted by molar-refractivity contribution is 5.85. The standard InChI is InChI=1S/C23H33FN2O2.2ClH/c1-4-26(5-2)16-10-15-25-17-19-12-9-14-22(27-6-3)23(19)28-18-20-11-7-8-13-21(20)24;;/h7-9,11-14,25H,4-6,10,15-18H2,1-3H3;2*1H. The van der Waals surface area contributed by atoms with Crippen molar-refractivity contribution in [2.45, 2.75) is 40.3 Å². The van der Waals surface area contributed by atoms with Gasteiger partial charge < -0.3 is 19.7 Å². The van der Waals surface area contributed by atoms with Crippen molar-refractivity contribution in [1.29, 1.82) is 0 Å². The first-order chi connectivity index (χ1) is 13.7. The topological polar surface area (TPSA) is 33.7 Å². The smallest absolute Gasteiger partial charge is 0.166 e. The van der Waals surface area contributed by atoms with Crippen molar-refractivity contribution < 1.29 is 13.9 Å². The van der Waals surface area contributed by atoms with Crippen LogP contribution in [-0.4, -0.2) is 37.7 Å². The lowest BCUT2D eigenvalue weighted by Gasteiger charge is -2.18. The zero-order valence-corrected chi connectivity index (χ0v) is 19.8. The second-order valence-corrected chi connectivity index (χ2v) is 6.61. The third-order valence-corrected chi connectivity index (χ3v) is 4.73. The highest BCUT2D eigenvalue weighted by Crippen LogP contribution is 2.32. The molecule has 0 radical (unpaired) electrons. The van der Waals surface area contributed by atoms with Crippen LogP contribution in [0.2, 0.25) is 0 Å². The molecule has 2 aromatic carbocycles. The minimum absolute atomic E-state index is 0. The Balaban J connectivity index is 0.00000420. The quantitative estimate of drug-likeness (QED) is 0.401. The Labute approximate surface area is 193 Å². The van der Waals surface area contributed by atoms with Crippen molar-refractivity contribution in [3.63, 3.8) is 0 Å².